The third-order valence-corrected chi connectivity index (χ3v) is 6.01. The summed E-state index contributed by atoms with van der Waals surface area (Å²) in [6.07, 6.45) is 2.16. The number of hydrogen-bond donors (Lipinski definition) is 1. The first-order valence-corrected chi connectivity index (χ1v) is 11.6. The van der Waals surface area contributed by atoms with Gasteiger partial charge in [-0.15, -0.1) is 0 Å². The molecule has 0 aliphatic carbocycles. The van der Waals surface area contributed by atoms with Crippen LogP contribution in [0.1, 0.15) is 62.4 Å². The minimum atomic E-state index is -0.169. The number of ether oxygens (including phenoxy) is 1. The molecule has 1 N–H and O–H groups in total. The molecule has 0 spiro atoms. The molecule has 1 aromatic heterocycles. The summed E-state index contributed by atoms with van der Waals surface area (Å²) in [6, 6.07) is 20.9. The number of carbonyl (C=O) groups is 1. The van der Waals surface area contributed by atoms with Crippen LogP contribution in [0.5, 0.6) is 5.75 Å². The lowest BCUT2D eigenvalue weighted by molar-refractivity contribution is 0.102. The summed E-state index contributed by atoms with van der Waals surface area (Å²) in [7, 11) is 0. The van der Waals surface area contributed by atoms with Crippen LogP contribution < -0.4 is 10.1 Å². The minimum Gasteiger partial charge on any atom is -0.491 e. The number of nitrogens with zero attached hydrogens (tertiary/aromatic N) is 1. The fourth-order valence-electron chi connectivity index (χ4n) is 3.51. The van der Waals surface area contributed by atoms with Crippen molar-refractivity contribution in [2.45, 2.75) is 52.6 Å². The van der Waals surface area contributed by atoms with Crippen LogP contribution in [0.3, 0.4) is 0 Å². The summed E-state index contributed by atoms with van der Waals surface area (Å²) in [5.41, 5.74) is 5.05. The molecule has 4 rings (SSSR count). The Hall–Kier alpha value is -3.60. The lowest BCUT2D eigenvalue weighted by Gasteiger charge is -2.12. The maximum Gasteiger partial charge on any atom is 0.255 e. The van der Waals surface area contributed by atoms with Gasteiger partial charge in [-0.1, -0.05) is 26.8 Å². The molecule has 33 heavy (non-hydrogen) atoms. The van der Waals surface area contributed by atoms with E-state index in [1.54, 1.807) is 12.1 Å². The SMILES string of the molecule is CC[C@@H](C)c1ccc2oc(-c3ccc(NC(=O)c4ccc(O[C@@H](C)CC)cc4)cc3)nc2c1. The quantitative estimate of drug-likeness (QED) is 0.308. The molecule has 0 unspecified atom stereocenters. The molecule has 170 valence electrons. The predicted molar refractivity (Wildman–Crippen MR) is 133 cm³/mol. The molecule has 5 heteroatoms. The summed E-state index contributed by atoms with van der Waals surface area (Å²) >= 11 is 0. The van der Waals surface area contributed by atoms with Crippen LogP contribution in [0.4, 0.5) is 5.69 Å². The molecular weight excluding hydrogens is 412 g/mol. The first-order chi connectivity index (χ1) is 16.0. The summed E-state index contributed by atoms with van der Waals surface area (Å²) < 4.78 is 11.7. The van der Waals surface area contributed by atoms with Crippen LogP contribution in [-0.4, -0.2) is 17.0 Å². The van der Waals surface area contributed by atoms with E-state index in [9.17, 15) is 4.79 Å². The van der Waals surface area contributed by atoms with Crippen molar-refractivity contribution in [3.05, 3.63) is 77.9 Å². The molecule has 1 heterocycles. The summed E-state index contributed by atoms with van der Waals surface area (Å²) in [5, 5.41) is 2.93. The molecule has 4 aromatic rings. The predicted octanol–water partition coefficient (Wildman–Crippen LogP) is 7.44. The number of amides is 1. The zero-order valence-electron chi connectivity index (χ0n) is 19.6. The number of carbonyl (C=O) groups excluding carboxylic acids is 1. The van der Waals surface area contributed by atoms with Crippen molar-refractivity contribution < 1.29 is 13.9 Å². The zero-order valence-corrected chi connectivity index (χ0v) is 19.6. The molecule has 0 aliphatic heterocycles. The summed E-state index contributed by atoms with van der Waals surface area (Å²) in [4.78, 5) is 17.3. The highest BCUT2D eigenvalue weighted by Gasteiger charge is 2.12. The number of oxazole rings is 1. The Kier molecular flexibility index (Phi) is 6.78. The maximum absolute atomic E-state index is 12.6. The van der Waals surface area contributed by atoms with E-state index >= 15 is 0 Å². The van der Waals surface area contributed by atoms with Gasteiger partial charge in [-0.2, -0.15) is 0 Å². The van der Waals surface area contributed by atoms with Crippen molar-refractivity contribution in [3.63, 3.8) is 0 Å². The summed E-state index contributed by atoms with van der Waals surface area (Å²) in [6.45, 7) is 8.49. The van der Waals surface area contributed by atoms with Crippen LogP contribution in [0.2, 0.25) is 0 Å². The average molecular weight is 443 g/mol. The van der Waals surface area contributed by atoms with Crippen LogP contribution in [0.25, 0.3) is 22.6 Å². The Morgan fingerprint density at radius 3 is 2.36 bits per heavy atom. The molecule has 0 saturated heterocycles. The van der Waals surface area contributed by atoms with Gasteiger partial charge in [0.15, 0.2) is 5.58 Å². The minimum absolute atomic E-state index is 0.145. The van der Waals surface area contributed by atoms with Crippen molar-refractivity contribution >= 4 is 22.7 Å². The molecule has 0 bridgehead atoms. The number of anilines is 1. The van der Waals surface area contributed by atoms with E-state index in [1.807, 2.05) is 49.4 Å². The molecule has 0 fully saturated rings. The number of aromatic nitrogens is 1. The molecule has 3 aromatic carbocycles. The van der Waals surface area contributed by atoms with Gasteiger partial charge >= 0.3 is 0 Å². The van der Waals surface area contributed by atoms with E-state index in [4.69, 9.17) is 9.15 Å². The lowest BCUT2D eigenvalue weighted by Crippen LogP contribution is -2.12. The zero-order chi connectivity index (χ0) is 23.4. The lowest BCUT2D eigenvalue weighted by atomic mass is 9.98. The van der Waals surface area contributed by atoms with E-state index in [-0.39, 0.29) is 12.0 Å². The van der Waals surface area contributed by atoms with Gasteiger partial charge in [0.2, 0.25) is 5.89 Å². The maximum atomic E-state index is 12.6. The molecule has 0 saturated carbocycles. The van der Waals surface area contributed by atoms with Gasteiger partial charge in [0.1, 0.15) is 11.3 Å². The van der Waals surface area contributed by atoms with Crippen molar-refractivity contribution in [2.24, 2.45) is 0 Å². The second kappa shape index (κ2) is 9.90. The van der Waals surface area contributed by atoms with E-state index in [1.165, 1.54) is 5.56 Å². The van der Waals surface area contributed by atoms with E-state index in [2.05, 4.69) is 43.2 Å². The van der Waals surface area contributed by atoms with E-state index in [0.717, 1.165) is 35.3 Å². The van der Waals surface area contributed by atoms with Gasteiger partial charge in [0, 0.05) is 16.8 Å². The van der Waals surface area contributed by atoms with Gasteiger partial charge in [0.05, 0.1) is 6.10 Å². The van der Waals surface area contributed by atoms with Gasteiger partial charge in [-0.3, -0.25) is 4.79 Å². The van der Waals surface area contributed by atoms with E-state index in [0.29, 0.717) is 23.1 Å². The van der Waals surface area contributed by atoms with Crippen LogP contribution in [-0.2, 0) is 0 Å². The Balaban J connectivity index is 1.44. The monoisotopic (exact) mass is 442 g/mol. The molecular formula is C28H30N2O3. The highest BCUT2D eigenvalue weighted by molar-refractivity contribution is 6.04. The van der Waals surface area contributed by atoms with E-state index < -0.39 is 0 Å². The molecule has 0 aliphatic rings. The fraction of sp³-hybridized carbons (Fsp3) is 0.286. The second-order valence-electron chi connectivity index (χ2n) is 8.45. The number of benzene rings is 3. The second-order valence-corrected chi connectivity index (χ2v) is 8.45. The van der Waals surface area contributed by atoms with Gasteiger partial charge in [-0.25, -0.2) is 4.98 Å². The van der Waals surface area contributed by atoms with Gasteiger partial charge < -0.3 is 14.5 Å². The van der Waals surface area contributed by atoms with Crippen LogP contribution in [0.15, 0.2) is 71.1 Å². The molecule has 2 atom stereocenters. The van der Waals surface area contributed by atoms with Crippen molar-refractivity contribution in [1.82, 2.24) is 4.98 Å². The fourth-order valence-corrected chi connectivity index (χ4v) is 3.51. The number of fused-ring (bicyclic) bond motifs is 1. The first-order valence-electron chi connectivity index (χ1n) is 11.6. The Labute approximate surface area is 194 Å². The highest BCUT2D eigenvalue weighted by atomic mass is 16.5. The number of rotatable bonds is 8. The Bertz CT molecular complexity index is 1230. The highest BCUT2D eigenvalue weighted by Crippen LogP contribution is 2.28. The van der Waals surface area contributed by atoms with Crippen molar-refractivity contribution in [1.29, 1.82) is 0 Å². The largest absolute Gasteiger partial charge is 0.491 e. The van der Waals surface area contributed by atoms with Crippen LogP contribution >= 0.6 is 0 Å². The molecule has 0 radical (unpaired) electrons. The van der Waals surface area contributed by atoms with Gasteiger partial charge in [-0.05, 0) is 91.9 Å². The first kappa shape index (κ1) is 22.6. The average Bonchev–Trinajstić information content (AvgIpc) is 3.27. The number of nitrogens with one attached hydrogen (secondary N) is 1. The summed E-state index contributed by atoms with van der Waals surface area (Å²) in [5.74, 6) is 1.65. The smallest absolute Gasteiger partial charge is 0.255 e. The normalized spacial score (nSPS) is 13.0. The van der Waals surface area contributed by atoms with Crippen molar-refractivity contribution in [2.75, 3.05) is 5.32 Å². The van der Waals surface area contributed by atoms with Crippen LogP contribution in [0, 0.1) is 0 Å². The van der Waals surface area contributed by atoms with Crippen molar-refractivity contribution in [3.8, 4) is 17.2 Å². The third kappa shape index (κ3) is 5.25. The standard InChI is InChI=1S/C28H30N2O3/c1-5-18(3)22-11-16-26-25(17-22)30-28(33-26)21-7-12-23(13-8-21)29-27(31)20-9-14-24(15-10-20)32-19(4)6-2/h7-19H,5-6H2,1-4H3,(H,29,31)/t18-,19+/m1/s1. The molecule has 5 nitrogen and oxygen atoms in total. The topological polar surface area (TPSA) is 64.4 Å². The third-order valence-electron chi connectivity index (χ3n) is 6.01. The Morgan fingerprint density at radius 2 is 1.70 bits per heavy atom. The number of hydrogen-bond acceptors (Lipinski definition) is 4. The molecule has 1 amide bonds. The van der Waals surface area contributed by atoms with Gasteiger partial charge in [0.25, 0.3) is 5.91 Å². The Morgan fingerprint density at radius 1 is 0.970 bits per heavy atom.